The molecule has 0 aliphatic rings. The normalized spacial score (nSPS) is 11.4. The summed E-state index contributed by atoms with van der Waals surface area (Å²) in [6.07, 6.45) is 1.32. The monoisotopic (exact) mass is 430 g/mol. The van der Waals surface area contributed by atoms with E-state index in [-0.39, 0.29) is 23.6 Å². The average molecular weight is 430 g/mol. The van der Waals surface area contributed by atoms with Crippen LogP contribution in [-0.2, 0) is 21.3 Å². The minimum atomic E-state index is -4.56. The molecule has 9 heteroatoms. The third-order valence-corrected chi connectivity index (χ3v) is 5.15. The number of amides is 1. The lowest BCUT2D eigenvalue weighted by Crippen LogP contribution is -2.19. The van der Waals surface area contributed by atoms with Gasteiger partial charge in [0, 0.05) is 11.6 Å². The molecule has 0 atom stereocenters. The van der Waals surface area contributed by atoms with Crippen LogP contribution in [0, 0.1) is 11.6 Å². The Hall–Kier alpha value is -3.59. The Bertz CT molecular complexity index is 1180. The molecule has 0 aliphatic heterocycles. The lowest BCUT2D eigenvalue weighted by molar-refractivity contribution is -0.120. The summed E-state index contributed by atoms with van der Waals surface area (Å²) in [5.74, 6) is -2.68. The number of benzene rings is 3. The molecule has 0 aliphatic carbocycles. The standard InChI is InChI=1S/C21H16F2N2O4S/c22-17-10-11-20(18(23)13-17)30(27,28)29-19-9-5-4-8-16(19)14-24-25-21(26)12-15-6-2-1-3-7-15/h1-11,13-14H,12H2,(H,25,26)/b24-14+. The van der Waals surface area contributed by atoms with Crippen LogP contribution in [0.5, 0.6) is 5.75 Å². The number of hydrogen-bond acceptors (Lipinski definition) is 5. The molecular formula is C21H16F2N2O4S. The van der Waals surface area contributed by atoms with Crippen molar-refractivity contribution in [3.05, 3.63) is 95.6 Å². The van der Waals surface area contributed by atoms with Crippen molar-refractivity contribution >= 4 is 22.2 Å². The number of carbonyl (C=O) groups is 1. The van der Waals surface area contributed by atoms with Gasteiger partial charge < -0.3 is 4.18 Å². The molecule has 0 unspecified atom stereocenters. The molecule has 0 saturated heterocycles. The van der Waals surface area contributed by atoms with Crippen molar-refractivity contribution in [1.82, 2.24) is 5.43 Å². The Kier molecular flexibility index (Phi) is 6.53. The average Bonchev–Trinajstić information content (AvgIpc) is 2.69. The zero-order valence-electron chi connectivity index (χ0n) is 15.5. The Balaban J connectivity index is 1.72. The summed E-state index contributed by atoms with van der Waals surface area (Å²) < 4.78 is 56.6. The fraction of sp³-hybridized carbons (Fsp3) is 0.0476. The van der Waals surface area contributed by atoms with Crippen molar-refractivity contribution in [2.75, 3.05) is 0 Å². The second-order valence-corrected chi connectivity index (χ2v) is 7.62. The summed E-state index contributed by atoms with van der Waals surface area (Å²) in [7, 11) is -4.56. The quantitative estimate of drug-likeness (QED) is 0.354. The van der Waals surface area contributed by atoms with E-state index >= 15 is 0 Å². The maximum absolute atomic E-state index is 13.8. The molecule has 6 nitrogen and oxygen atoms in total. The van der Waals surface area contributed by atoms with Gasteiger partial charge in [-0.25, -0.2) is 14.2 Å². The van der Waals surface area contributed by atoms with Gasteiger partial charge in [-0.2, -0.15) is 13.5 Å². The van der Waals surface area contributed by atoms with E-state index in [0.717, 1.165) is 17.7 Å². The molecule has 3 aromatic carbocycles. The van der Waals surface area contributed by atoms with Crippen molar-refractivity contribution < 1.29 is 26.2 Å². The van der Waals surface area contributed by atoms with Crippen LogP contribution < -0.4 is 9.61 Å². The van der Waals surface area contributed by atoms with Crippen LogP contribution in [0.1, 0.15) is 11.1 Å². The first-order valence-electron chi connectivity index (χ1n) is 8.69. The number of rotatable bonds is 7. The largest absolute Gasteiger partial charge is 0.378 e. The van der Waals surface area contributed by atoms with Gasteiger partial charge in [-0.3, -0.25) is 4.79 Å². The summed E-state index contributed by atoms with van der Waals surface area (Å²) in [6.45, 7) is 0. The number of nitrogens with one attached hydrogen (secondary N) is 1. The van der Waals surface area contributed by atoms with Crippen LogP contribution in [0.25, 0.3) is 0 Å². The van der Waals surface area contributed by atoms with Crippen LogP contribution in [-0.4, -0.2) is 20.5 Å². The van der Waals surface area contributed by atoms with Gasteiger partial charge in [-0.1, -0.05) is 42.5 Å². The van der Waals surface area contributed by atoms with E-state index in [1.165, 1.54) is 24.4 Å². The van der Waals surface area contributed by atoms with Crippen molar-refractivity contribution in [2.24, 2.45) is 5.10 Å². The molecule has 1 amide bonds. The van der Waals surface area contributed by atoms with E-state index in [9.17, 15) is 22.0 Å². The Morgan fingerprint density at radius 2 is 1.70 bits per heavy atom. The van der Waals surface area contributed by atoms with E-state index < -0.39 is 26.6 Å². The lowest BCUT2D eigenvalue weighted by Gasteiger charge is -2.10. The highest BCUT2D eigenvalue weighted by molar-refractivity contribution is 7.87. The highest BCUT2D eigenvalue weighted by Crippen LogP contribution is 2.23. The van der Waals surface area contributed by atoms with Crippen LogP contribution in [0.2, 0.25) is 0 Å². The molecule has 0 spiro atoms. The Morgan fingerprint density at radius 3 is 2.43 bits per heavy atom. The maximum Gasteiger partial charge on any atom is 0.342 e. The van der Waals surface area contributed by atoms with Crippen LogP contribution in [0.15, 0.2) is 82.8 Å². The van der Waals surface area contributed by atoms with Crippen LogP contribution in [0.3, 0.4) is 0 Å². The first kappa shape index (κ1) is 21.1. The van der Waals surface area contributed by atoms with Gasteiger partial charge in [0.15, 0.2) is 5.75 Å². The van der Waals surface area contributed by atoms with E-state index in [0.29, 0.717) is 6.07 Å². The lowest BCUT2D eigenvalue weighted by atomic mass is 10.1. The zero-order chi connectivity index (χ0) is 21.6. The summed E-state index contributed by atoms with van der Waals surface area (Å²) in [5, 5.41) is 3.81. The predicted molar refractivity (Wildman–Crippen MR) is 106 cm³/mol. The smallest absolute Gasteiger partial charge is 0.342 e. The second-order valence-electron chi connectivity index (χ2n) is 6.11. The number of hydrazone groups is 1. The SMILES string of the molecule is O=C(Cc1ccccc1)N/N=C/c1ccccc1OS(=O)(=O)c1ccc(F)cc1F. The molecule has 30 heavy (non-hydrogen) atoms. The first-order valence-corrected chi connectivity index (χ1v) is 10.1. The molecule has 0 bridgehead atoms. The van der Waals surface area contributed by atoms with Crippen molar-refractivity contribution in [1.29, 1.82) is 0 Å². The maximum atomic E-state index is 13.8. The Morgan fingerprint density at radius 1 is 1.00 bits per heavy atom. The third kappa shape index (κ3) is 5.48. The number of nitrogens with zero attached hydrogens (tertiary/aromatic N) is 1. The molecule has 0 radical (unpaired) electrons. The molecule has 3 aromatic rings. The van der Waals surface area contributed by atoms with E-state index in [1.807, 2.05) is 18.2 Å². The zero-order valence-corrected chi connectivity index (χ0v) is 16.3. The van der Waals surface area contributed by atoms with Gasteiger partial charge >= 0.3 is 10.1 Å². The number of hydrogen-bond donors (Lipinski definition) is 1. The van der Waals surface area contributed by atoms with Gasteiger partial charge in [-0.05, 0) is 29.8 Å². The highest BCUT2D eigenvalue weighted by atomic mass is 32.2. The molecular weight excluding hydrogens is 414 g/mol. The van der Waals surface area contributed by atoms with Gasteiger partial charge in [0.2, 0.25) is 5.91 Å². The van der Waals surface area contributed by atoms with Crippen molar-refractivity contribution in [3.8, 4) is 5.75 Å². The summed E-state index contributed by atoms with van der Waals surface area (Å²) in [5.41, 5.74) is 3.37. The first-order chi connectivity index (χ1) is 14.3. The molecule has 1 N–H and O–H groups in total. The third-order valence-electron chi connectivity index (χ3n) is 3.88. The summed E-state index contributed by atoms with van der Waals surface area (Å²) >= 11 is 0. The summed E-state index contributed by atoms with van der Waals surface area (Å²) in [4.78, 5) is 11.1. The molecule has 0 fully saturated rings. The molecule has 154 valence electrons. The molecule has 3 rings (SSSR count). The van der Waals surface area contributed by atoms with E-state index in [4.69, 9.17) is 4.18 Å². The van der Waals surface area contributed by atoms with Crippen LogP contribution in [0.4, 0.5) is 8.78 Å². The molecule has 0 heterocycles. The second kappa shape index (κ2) is 9.27. The van der Waals surface area contributed by atoms with Gasteiger partial charge in [0.1, 0.15) is 16.5 Å². The van der Waals surface area contributed by atoms with Crippen LogP contribution >= 0.6 is 0 Å². The van der Waals surface area contributed by atoms with Gasteiger partial charge in [0.05, 0.1) is 12.6 Å². The fourth-order valence-corrected chi connectivity index (χ4v) is 3.51. The Labute approximate surface area is 171 Å². The van der Waals surface area contributed by atoms with Crippen molar-refractivity contribution in [2.45, 2.75) is 11.3 Å². The fourth-order valence-electron chi connectivity index (χ4n) is 2.50. The summed E-state index contributed by atoms with van der Waals surface area (Å²) in [6, 6.07) is 17.0. The number of para-hydroxylation sites is 1. The number of carbonyl (C=O) groups excluding carboxylic acids is 1. The molecule has 0 aromatic heterocycles. The van der Waals surface area contributed by atoms with Gasteiger partial charge in [-0.15, -0.1) is 0 Å². The topological polar surface area (TPSA) is 84.8 Å². The van der Waals surface area contributed by atoms with E-state index in [2.05, 4.69) is 10.5 Å². The van der Waals surface area contributed by atoms with E-state index in [1.54, 1.807) is 18.2 Å². The van der Waals surface area contributed by atoms with Crippen molar-refractivity contribution in [3.63, 3.8) is 0 Å². The minimum absolute atomic E-state index is 0.120. The van der Waals surface area contributed by atoms with Gasteiger partial charge in [0.25, 0.3) is 0 Å². The molecule has 0 saturated carbocycles. The predicted octanol–water partition coefficient (Wildman–Crippen LogP) is 3.43. The highest BCUT2D eigenvalue weighted by Gasteiger charge is 2.23. The minimum Gasteiger partial charge on any atom is -0.378 e. The number of halogens is 2.